The largest absolute Gasteiger partial charge is 0.494 e. The number of hydrogen-bond acceptors (Lipinski definition) is 7. The molecule has 50 heavy (non-hydrogen) atoms. The number of carbonyl (C=O) groups is 2. The molecule has 0 saturated carbocycles. The molecular formula is C39H47N3O7S. The minimum Gasteiger partial charge on any atom is -0.494 e. The van der Waals surface area contributed by atoms with Gasteiger partial charge in [-0.1, -0.05) is 60.2 Å². The molecule has 11 heteroatoms. The van der Waals surface area contributed by atoms with Crippen LogP contribution in [0.4, 0.5) is 5.69 Å². The summed E-state index contributed by atoms with van der Waals surface area (Å²) in [4.78, 5) is 30.2. The number of ether oxygens (including phenoxy) is 3. The Morgan fingerprint density at radius 2 is 1.46 bits per heavy atom. The number of amides is 2. The Morgan fingerprint density at radius 3 is 2.04 bits per heavy atom. The van der Waals surface area contributed by atoms with Gasteiger partial charge in [0.1, 0.15) is 18.3 Å². The third-order valence-electron chi connectivity index (χ3n) is 7.90. The van der Waals surface area contributed by atoms with Gasteiger partial charge in [-0.05, 0) is 82.1 Å². The normalized spacial score (nSPS) is 12.1. The lowest BCUT2D eigenvalue weighted by atomic mass is 10.0. The first-order valence-electron chi connectivity index (χ1n) is 16.4. The summed E-state index contributed by atoms with van der Waals surface area (Å²) in [6.45, 7) is 9.35. The van der Waals surface area contributed by atoms with E-state index in [4.69, 9.17) is 14.2 Å². The van der Waals surface area contributed by atoms with E-state index in [1.807, 2.05) is 89.2 Å². The highest BCUT2D eigenvalue weighted by Gasteiger charge is 2.36. The van der Waals surface area contributed by atoms with Crippen LogP contribution >= 0.6 is 0 Å². The first-order valence-corrected chi connectivity index (χ1v) is 17.9. The summed E-state index contributed by atoms with van der Waals surface area (Å²) in [7, 11) is -1.49. The summed E-state index contributed by atoms with van der Waals surface area (Å²) < 4.78 is 46.4. The van der Waals surface area contributed by atoms with E-state index in [-0.39, 0.29) is 35.2 Å². The molecule has 0 aliphatic rings. The molecule has 266 valence electrons. The van der Waals surface area contributed by atoms with Crippen molar-refractivity contribution in [2.75, 3.05) is 31.7 Å². The van der Waals surface area contributed by atoms with Gasteiger partial charge >= 0.3 is 0 Å². The zero-order valence-corrected chi connectivity index (χ0v) is 30.6. The van der Waals surface area contributed by atoms with E-state index in [1.165, 1.54) is 37.3 Å². The lowest BCUT2D eigenvalue weighted by Crippen LogP contribution is -2.56. The minimum absolute atomic E-state index is 0.0711. The number of hydrogen-bond donors (Lipinski definition) is 1. The van der Waals surface area contributed by atoms with Crippen molar-refractivity contribution in [1.82, 2.24) is 10.2 Å². The molecule has 1 atom stereocenters. The van der Waals surface area contributed by atoms with Crippen LogP contribution < -0.4 is 23.8 Å². The van der Waals surface area contributed by atoms with Crippen LogP contribution in [0, 0.1) is 6.92 Å². The van der Waals surface area contributed by atoms with Gasteiger partial charge in [-0.3, -0.25) is 13.9 Å². The third kappa shape index (κ3) is 9.78. The molecule has 0 radical (unpaired) electrons. The van der Waals surface area contributed by atoms with Crippen LogP contribution in [0.15, 0.2) is 102 Å². The Bertz CT molecular complexity index is 1840. The van der Waals surface area contributed by atoms with Crippen molar-refractivity contribution in [3.05, 3.63) is 114 Å². The fourth-order valence-corrected chi connectivity index (χ4v) is 6.84. The molecule has 0 heterocycles. The monoisotopic (exact) mass is 701 g/mol. The molecule has 2 amide bonds. The van der Waals surface area contributed by atoms with Gasteiger partial charge in [0.25, 0.3) is 10.0 Å². The topological polar surface area (TPSA) is 114 Å². The summed E-state index contributed by atoms with van der Waals surface area (Å²) >= 11 is 0. The van der Waals surface area contributed by atoms with Gasteiger partial charge in [0.15, 0.2) is 11.5 Å². The summed E-state index contributed by atoms with van der Waals surface area (Å²) in [5.74, 6) is 0.210. The molecule has 1 N–H and O–H groups in total. The number of nitrogens with zero attached hydrogens (tertiary/aromatic N) is 2. The van der Waals surface area contributed by atoms with Crippen LogP contribution in [-0.2, 0) is 32.6 Å². The molecule has 0 aromatic heterocycles. The lowest BCUT2D eigenvalue weighted by molar-refractivity contribution is -0.140. The fraction of sp³-hybridized carbons (Fsp3) is 0.333. The van der Waals surface area contributed by atoms with E-state index < -0.39 is 34.1 Å². The number of carbonyl (C=O) groups excluding carboxylic acids is 2. The first-order chi connectivity index (χ1) is 23.7. The van der Waals surface area contributed by atoms with Crippen molar-refractivity contribution in [2.24, 2.45) is 0 Å². The minimum atomic E-state index is -4.37. The van der Waals surface area contributed by atoms with E-state index in [0.29, 0.717) is 18.1 Å². The van der Waals surface area contributed by atoms with Gasteiger partial charge < -0.3 is 24.4 Å². The Kier molecular flexibility index (Phi) is 12.5. The molecule has 0 unspecified atom stereocenters. The van der Waals surface area contributed by atoms with E-state index in [2.05, 4.69) is 5.32 Å². The molecule has 0 spiro atoms. The van der Waals surface area contributed by atoms with Gasteiger partial charge in [-0.15, -0.1) is 0 Å². The van der Waals surface area contributed by atoms with Gasteiger partial charge in [0.05, 0.1) is 31.4 Å². The average molecular weight is 702 g/mol. The maximum absolute atomic E-state index is 14.7. The van der Waals surface area contributed by atoms with Gasteiger partial charge in [-0.25, -0.2) is 8.42 Å². The molecule has 4 aromatic rings. The van der Waals surface area contributed by atoms with E-state index >= 15 is 0 Å². The quantitative estimate of drug-likeness (QED) is 0.158. The van der Waals surface area contributed by atoms with Crippen molar-refractivity contribution in [3.63, 3.8) is 0 Å². The van der Waals surface area contributed by atoms with E-state index in [1.54, 1.807) is 24.3 Å². The second-order valence-electron chi connectivity index (χ2n) is 12.9. The predicted octanol–water partition coefficient (Wildman–Crippen LogP) is 6.16. The maximum Gasteiger partial charge on any atom is 0.264 e. The van der Waals surface area contributed by atoms with Crippen molar-refractivity contribution < 1.29 is 32.2 Å². The van der Waals surface area contributed by atoms with E-state index in [0.717, 1.165) is 21.0 Å². The molecule has 0 saturated heterocycles. The Labute approximate surface area is 296 Å². The average Bonchev–Trinajstić information content (AvgIpc) is 3.09. The predicted molar refractivity (Wildman–Crippen MR) is 195 cm³/mol. The molecule has 0 aliphatic heterocycles. The van der Waals surface area contributed by atoms with Crippen LogP contribution in [-0.4, -0.2) is 64.1 Å². The zero-order valence-electron chi connectivity index (χ0n) is 29.8. The van der Waals surface area contributed by atoms with Crippen molar-refractivity contribution in [3.8, 4) is 17.2 Å². The smallest absolute Gasteiger partial charge is 0.264 e. The number of nitrogens with one attached hydrogen (secondary N) is 1. The zero-order chi connectivity index (χ0) is 36.5. The number of sulfonamides is 1. The maximum atomic E-state index is 14.7. The lowest BCUT2D eigenvalue weighted by Gasteiger charge is -2.35. The van der Waals surface area contributed by atoms with Gasteiger partial charge in [-0.2, -0.15) is 0 Å². The molecule has 4 aromatic carbocycles. The van der Waals surface area contributed by atoms with E-state index in [9.17, 15) is 18.0 Å². The third-order valence-corrected chi connectivity index (χ3v) is 9.67. The second-order valence-corrected chi connectivity index (χ2v) is 14.8. The summed E-state index contributed by atoms with van der Waals surface area (Å²) in [5, 5.41) is 3.05. The number of rotatable bonds is 15. The molecule has 10 nitrogen and oxygen atoms in total. The highest BCUT2D eigenvalue weighted by atomic mass is 32.2. The Hall–Kier alpha value is -5.03. The van der Waals surface area contributed by atoms with Crippen molar-refractivity contribution in [1.29, 1.82) is 0 Å². The molecule has 0 aliphatic carbocycles. The summed E-state index contributed by atoms with van der Waals surface area (Å²) in [6, 6.07) is 26.9. The molecule has 0 bridgehead atoms. The fourth-order valence-electron chi connectivity index (χ4n) is 5.41. The number of anilines is 1. The number of aryl methyl sites for hydroxylation is 1. The van der Waals surface area contributed by atoms with Crippen LogP contribution in [0.25, 0.3) is 0 Å². The summed E-state index contributed by atoms with van der Waals surface area (Å²) in [5.41, 5.74) is 2.34. The van der Waals surface area contributed by atoms with Crippen LogP contribution in [0.3, 0.4) is 0 Å². The van der Waals surface area contributed by atoms with Crippen LogP contribution in [0.2, 0.25) is 0 Å². The molecular weight excluding hydrogens is 655 g/mol. The highest BCUT2D eigenvalue weighted by Crippen LogP contribution is 2.33. The number of methoxy groups -OCH3 is 2. The van der Waals surface area contributed by atoms with Gasteiger partial charge in [0.2, 0.25) is 11.8 Å². The number of benzene rings is 4. The van der Waals surface area contributed by atoms with Crippen LogP contribution in [0.1, 0.15) is 44.4 Å². The summed E-state index contributed by atoms with van der Waals surface area (Å²) in [6.07, 6.45) is 0.214. The first kappa shape index (κ1) is 37.8. The SMILES string of the molecule is CCOc1ccc(N(CC(=O)N(Cc2ccc(C)cc2)[C@H](Cc2ccccc2)C(=O)NC(C)(C)C)S(=O)(=O)c2ccc(OC)c(OC)c2)cc1. The Balaban J connectivity index is 1.84. The van der Waals surface area contributed by atoms with Gasteiger partial charge in [0, 0.05) is 24.6 Å². The highest BCUT2D eigenvalue weighted by molar-refractivity contribution is 7.92. The standard InChI is InChI=1S/C39H47N3O7S/c1-8-49-32-20-18-31(19-21-32)42(50(45,46)33-22-23-35(47-6)36(25-33)48-7)27-37(43)41(26-30-16-14-28(2)15-17-30)34(38(44)40-39(3,4)5)24-29-12-10-9-11-13-29/h9-23,25,34H,8,24,26-27H2,1-7H3,(H,40,44)/t34-/m1/s1. The van der Waals surface area contributed by atoms with Crippen molar-refractivity contribution in [2.45, 2.75) is 64.1 Å². The van der Waals surface area contributed by atoms with Crippen molar-refractivity contribution >= 4 is 27.5 Å². The second kappa shape index (κ2) is 16.6. The van der Waals surface area contributed by atoms with Crippen LogP contribution in [0.5, 0.6) is 17.2 Å². The molecule has 0 fully saturated rings. The molecule has 4 rings (SSSR count). The Morgan fingerprint density at radius 1 is 0.820 bits per heavy atom.